The van der Waals surface area contributed by atoms with Gasteiger partial charge in [-0.2, -0.15) is 0 Å². The number of ether oxygens (including phenoxy) is 1. The summed E-state index contributed by atoms with van der Waals surface area (Å²) >= 11 is 0. The lowest BCUT2D eigenvalue weighted by molar-refractivity contribution is 0.102. The fraction of sp³-hybridized carbons (Fsp3) is 0.100. The summed E-state index contributed by atoms with van der Waals surface area (Å²) in [6, 6.07) is 16.0. The molecule has 0 aliphatic rings. The predicted octanol–water partition coefficient (Wildman–Crippen LogP) is 3.45. The average Bonchev–Trinajstić information content (AvgIpc) is 2.70. The second kappa shape index (κ2) is 8.10. The topological polar surface area (TPSA) is 97.4 Å². The predicted molar refractivity (Wildman–Crippen MR) is 107 cm³/mol. The van der Waals surface area contributed by atoms with Gasteiger partial charge in [0.25, 0.3) is 15.9 Å². The number of hydrogen-bond donors (Lipinski definition) is 2. The molecule has 1 aromatic heterocycles. The Morgan fingerprint density at radius 3 is 2.14 bits per heavy atom. The van der Waals surface area contributed by atoms with Gasteiger partial charge in [-0.1, -0.05) is 17.7 Å². The number of hydrogen-bond acceptors (Lipinski definition) is 5. The van der Waals surface area contributed by atoms with E-state index in [1.807, 2.05) is 19.1 Å². The van der Waals surface area contributed by atoms with Crippen molar-refractivity contribution in [1.82, 2.24) is 4.98 Å². The van der Waals surface area contributed by atoms with Gasteiger partial charge in [-0.3, -0.25) is 9.52 Å². The Labute approximate surface area is 163 Å². The van der Waals surface area contributed by atoms with Crippen molar-refractivity contribution in [3.8, 4) is 5.88 Å². The summed E-state index contributed by atoms with van der Waals surface area (Å²) in [7, 11) is -2.24. The summed E-state index contributed by atoms with van der Waals surface area (Å²) < 4.78 is 32.5. The molecule has 0 saturated heterocycles. The number of rotatable bonds is 6. The van der Waals surface area contributed by atoms with E-state index in [0.717, 1.165) is 5.56 Å². The summed E-state index contributed by atoms with van der Waals surface area (Å²) in [6.07, 6.45) is 1.47. The van der Waals surface area contributed by atoms with Crippen molar-refractivity contribution < 1.29 is 17.9 Å². The monoisotopic (exact) mass is 397 g/mol. The van der Waals surface area contributed by atoms with Crippen LogP contribution in [0.2, 0.25) is 0 Å². The van der Waals surface area contributed by atoms with Gasteiger partial charge in [-0.05, 0) is 49.4 Å². The number of aryl methyl sites for hydroxylation is 1. The zero-order valence-corrected chi connectivity index (χ0v) is 16.2. The summed E-state index contributed by atoms with van der Waals surface area (Å²) in [5, 5.41) is 2.69. The number of benzene rings is 2. The first-order chi connectivity index (χ1) is 13.4. The number of pyridine rings is 1. The molecule has 3 rings (SSSR count). The number of aromatic nitrogens is 1. The zero-order chi connectivity index (χ0) is 20.1. The van der Waals surface area contributed by atoms with Gasteiger partial charge in [-0.25, -0.2) is 13.4 Å². The third-order valence-electron chi connectivity index (χ3n) is 3.93. The van der Waals surface area contributed by atoms with E-state index in [9.17, 15) is 13.2 Å². The van der Waals surface area contributed by atoms with Crippen LogP contribution in [0.5, 0.6) is 5.88 Å². The molecule has 3 aromatic rings. The molecule has 1 heterocycles. The molecule has 0 bridgehead atoms. The Morgan fingerprint density at radius 2 is 1.57 bits per heavy atom. The minimum absolute atomic E-state index is 0.0655. The summed E-state index contributed by atoms with van der Waals surface area (Å²) in [5.74, 6) is 0.0658. The maximum atomic E-state index is 12.5. The van der Waals surface area contributed by atoms with Crippen LogP contribution in [0.3, 0.4) is 0 Å². The fourth-order valence-corrected chi connectivity index (χ4v) is 3.46. The Balaban J connectivity index is 1.70. The standard InChI is InChI=1S/C20H19N3O4S/c1-14-3-7-16(8-4-14)23-28(25,26)18-10-5-15(6-11-18)20(24)22-17-9-12-19(27-2)21-13-17/h3-13,23H,1-2H3,(H,22,24). The number of sulfonamides is 1. The first kappa shape index (κ1) is 19.4. The van der Waals surface area contributed by atoms with Crippen LogP contribution in [0.15, 0.2) is 71.8 Å². The van der Waals surface area contributed by atoms with Crippen molar-refractivity contribution in [2.75, 3.05) is 17.1 Å². The molecule has 1 amide bonds. The van der Waals surface area contributed by atoms with Gasteiger partial charge in [0.1, 0.15) is 0 Å². The number of nitrogens with zero attached hydrogens (tertiary/aromatic N) is 1. The maximum absolute atomic E-state index is 12.5. The number of methoxy groups -OCH3 is 1. The van der Waals surface area contributed by atoms with Crippen molar-refractivity contribution in [3.05, 3.63) is 78.0 Å². The van der Waals surface area contributed by atoms with Crippen LogP contribution in [-0.4, -0.2) is 26.4 Å². The molecule has 0 aliphatic heterocycles. The van der Waals surface area contributed by atoms with E-state index in [-0.39, 0.29) is 10.8 Å². The molecule has 144 valence electrons. The normalized spacial score (nSPS) is 10.9. The van der Waals surface area contributed by atoms with E-state index in [4.69, 9.17) is 4.74 Å². The lowest BCUT2D eigenvalue weighted by Gasteiger charge is -2.09. The molecular formula is C20H19N3O4S. The van der Waals surface area contributed by atoms with Gasteiger partial charge in [0, 0.05) is 17.3 Å². The molecule has 0 atom stereocenters. The second-order valence-electron chi connectivity index (χ2n) is 6.04. The highest BCUT2D eigenvalue weighted by Gasteiger charge is 2.15. The van der Waals surface area contributed by atoms with Gasteiger partial charge < -0.3 is 10.1 Å². The third kappa shape index (κ3) is 4.66. The van der Waals surface area contributed by atoms with Crippen LogP contribution in [0.1, 0.15) is 15.9 Å². The van der Waals surface area contributed by atoms with E-state index in [0.29, 0.717) is 22.8 Å². The number of anilines is 2. The van der Waals surface area contributed by atoms with Crippen molar-refractivity contribution in [1.29, 1.82) is 0 Å². The number of amides is 1. The molecule has 0 fully saturated rings. The first-order valence-corrected chi connectivity index (χ1v) is 9.87. The van der Waals surface area contributed by atoms with E-state index in [2.05, 4.69) is 15.0 Å². The molecule has 8 heteroatoms. The van der Waals surface area contributed by atoms with Gasteiger partial charge >= 0.3 is 0 Å². The molecule has 28 heavy (non-hydrogen) atoms. The van der Waals surface area contributed by atoms with Crippen LogP contribution in [0.25, 0.3) is 0 Å². The Morgan fingerprint density at radius 1 is 0.929 bits per heavy atom. The van der Waals surface area contributed by atoms with Crippen LogP contribution < -0.4 is 14.8 Å². The minimum Gasteiger partial charge on any atom is -0.481 e. The first-order valence-electron chi connectivity index (χ1n) is 8.38. The van der Waals surface area contributed by atoms with E-state index in [1.54, 1.807) is 24.3 Å². The van der Waals surface area contributed by atoms with Gasteiger partial charge in [0.2, 0.25) is 5.88 Å². The molecule has 0 saturated carbocycles. The fourth-order valence-electron chi connectivity index (χ4n) is 2.40. The quantitative estimate of drug-likeness (QED) is 0.664. The van der Waals surface area contributed by atoms with Gasteiger partial charge in [-0.15, -0.1) is 0 Å². The Kier molecular flexibility index (Phi) is 5.60. The van der Waals surface area contributed by atoms with Gasteiger partial charge in [0.15, 0.2) is 0 Å². The smallest absolute Gasteiger partial charge is 0.261 e. The molecule has 0 radical (unpaired) electrons. The third-order valence-corrected chi connectivity index (χ3v) is 5.33. The molecular weight excluding hydrogens is 378 g/mol. The van der Waals surface area contributed by atoms with E-state index in [1.165, 1.54) is 37.6 Å². The largest absolute Gasteiger partial charge is 0.481 e. The molecule has 0 spiro atoms. The number of carbonyl (C=O) groups is 1. The summed E-state index contributed by atoms with van der Waals surface area (Å²) in [5.41, 5.74) is 2.33. The lowest BCUT2D eigenvalue weighted by Crippen LogP contribution is -2.15. The van der Waals surface area contributed by atoms with E-state index < -0.39 is 10.0 Å². The average molecular weight is 397 g/mol. The number of nitrogens with one attached hydrogen (secondary N) is 2. The van der Waals surface area contributed by atoms with E-state index >= 15 is 0 Å². The second-order valence-corrected chi connectivity index (χ2v) is 7.72. The lowest BCUT2D eigenvalue weighted by atomic mass is 10.2. The molecule has 7 nitrogen and oxygen atoms in total. The molecule has 0 unspecified atom stereocenters. The summed E-state index contributed by atoms with van der Waals surface area (Å²) in [4.78, 5) is 16.4. The Hall–Kier alpha value is -3.39. The van der Waals surface area contributed by atoms with Crippen LogP contribution in [0.4, 0.5) is 11.4 Å². The van der Waals surface area contributed by atoms with Crippen molar-refractivity contribution in [2.45, 2.75) is 11.8 Å². The van der Waals surface area contributed by atoms with Crippen LogP contribution in [-0.2, 0) is 10.0 Å². The molecule has 0 aliphatic carbocycles. The maximum Gasteiger partial charge on any atom is 0.261 e. The van der Waals surface area contributed by atoms with Crippen molar-refractivity contribution in [3.63, 3.8) is 0 Å². The van der Waals surface area contributed by atoms with Crippen LogP contribution >= 0.6 is 0 Å². The zero-order valence-electron chi connectivity index (χ0n) is 15.3. The highest BCUT2D eigenvalue weighted by molar-refractivity contribution is 7.92. The van der Waals surface area contributed by atoms with Gasteiger partial charge in [0.05, 0.1) is 23.9 Å². The Bertz CT molecular complexity index is 1060. The van der Waals surface area contributed by atoms with Crippen molar-refractivity contribution >= 4 is 27.3 Å². The van der Waals surface area contributed by atoms with Crippen LogP contribution in [0, 0.1) is 6.92 Å². The summed E-state index contributed by atoms with van der Waals surface area (Å²) in [6.45, 7) is 1.92. The molecule has 2 aromatic carbocycles. The molecule has 2 N–H and O–H groups in total. The SMILES string of the molecule is COc1ccc(NC(=O)c2ccc(S(=O)(=O)Nc3ccc(C)cc3)cc2)cn1. The minimum atomic E-state index is -3.74. The highest BCUT2D eigenvalue weighted by Crippen LogP contribution is 2.18. The highest BCUT2D eigenvalue weighted by atomic mass is 32.2. The van der Waals surface area contributed by atoms with Crippen molar-refractivity contribution in [2.24, 2.45) is 0 Å². The number of carbonyl (C=O) groups excluding carboxylic acids is 1.